The van der Waals surface area contributed by atoms with Crippen molar-refractivity contribution in [2.24, 2.45) is 0 Å². The SMILES string of the molecule is CC(C)NC(=O)c1ccc(S(=O)(=O)NC(C)C)o1. The van der Waals surface area contributed by atoms with Gasteiger partial charge in [-0.1, -0.05) is 0 Å². The lowest BCUT2D eigenvalue weighted by molar-refractivity contribution is 0.0910. The van der Waals surface area contributed by atoms with Crippen LogP contribution in [0.2, 0.25) is 0 Å². The Bertz CT molecular complexity index is 517. The summed E-state index contributed by atoms with van der Waals surface area (Å²) in [7, 11) is -3.70. The zero-order chi connectivity index (χ0) is 13.9. The van der Waals surface area contributed by atoms with E-state index < -0.39 is 15.9 Å². The van der Waals surface area contributed by atoms with E-state index in [1.807, 2.05) is 0 Å². The van der Waals surface area contributed by atoms with Gasteiger partial charge >= 0.3 is 0 Å². The molecule has 1 aromatic heterocycles. The number of carbonyl (C=O) groups is 1. The fourth-order valence-electron chi connectivity index (χ4n) is 1.29. The number of nitrogens with one attached hydrogen (secondary N) is 2. The maximum Gasteiger partial charge on any atom is 0.287 e. The fourth-order valence-corrected chi connectivity index (χ4v) is 2.47. The molecule has 0 saturated heterocycles. The standard InChI is InChI=1S/C11H18N2O4S/c1-7(2)12-11(14)9-5-6-10(17-9)18(15,16)13-8(3)4/h5-8,13H,1-4H3,(H,12,14). The van der Waals surface area contributed by atoms with Crippen molar-refractivity contribution in [1.82, 2.24) is 10.0 Å². The zero-order valence-electron chi connectivity index (χ0n) is 10.9. The van der Waals surface area contributed by atoms with Crippen molar-refractivity contribution in [2.45, 2.75) is 44.9 Å². The molecule has 1 aromatic rings. The largest absolute Gasteiger partial charge is 0.438 e. The second-order valence-corrected chi connectivity index (χ2v) is 6.17. The predicted octanol–water partition coefficient (Wildman–Crippen LogP) is 1.10. The van der Waals surface area contributed by atoms with E-state index in [1.54, 1.807) is 27.7 Å². The van der Waals surface area contributed by atoms with Crippen LogP contribution >= 0.6 is 0 Å². The van der Waals surface area contributed by atoms with Crippen molar-refractivity contribution < 1.29 is 17.6 Å². The van der Waals surface area contributed by atoms with Gasteiger partial charge < -0.3 is 9.73 Å². The molecule has 6 nitrogen and oxygen atoms in total. The lowest BCUT2D eigenvalue weighted by Gasteiger charge is -2.07. The second kappa shape index (κ2) is 5.53. The third-order valence-electron chi connectivity index (χ3n) is 1.88. The van der Waals surface area contributed by atoms with Crippen LogP contribution in [0.15, 0.2) is 21.6 Å². The summed E-state index contributed by atoms with van der Waals surface area (Å²) in [5.41, 5.74) is 0. The summed E-state index contributed by atoms with van der Waals surface area (Å²) in [4.78, 5) is 11.6. The van der Waals surface area contributed by atoms with E-state index in [0.29, 0.717) is 0 Å². The first-order chi connectivity index (χ1) is 8.22. The Hall–Kier alpha value is -1.34. The lowest BCUT2D eigenvalue weighted by atomic mass is 10.3. The molecule has 0 bridgehead atoms. The molecule has 1 rings (SSSR count). The monoisotopic (exact) mass is 274 g/mol. The van der Waals surface area contributed by atoms with Crippen LogP contribution < -0.4 is 10.0 Å². The summed E-state index contributed by atoms with van der Waals surface area (Å²) >= 11 is 0. The number of carbonyl (C=O) groups excluding carboxylic acids is 1. The fraction of sp³-hybridized carbons (Fsp3) is 0.545. The lowest BCUT2D eigenvalue weighted by Crippen LogP contribution is -2.30. The molecule has 0 aliphatic rings. The van der Waals surface area contributed by atoms with Gasteiger partial charge in [-0.15, -0.1) is 0 Å². The predicted molar refractivity (Wildman–Crippen MR) is 66.8 cm³/mol. The smallest absolute Gasteiger partial charge is 0.287 e. The maximum atomic E-state index is 11.8. The number of sulfonamides is 1. The van der Waals surface area contributed by atoms with Crippen molar-refractivity contribution in [3.05, 3.63) is 17.9 Å². The number of rotatable bonds is 5. The Kier molecular flexibility index (Phi) is 4.53. The van der Waals surface area contributed by atoms with Crippen molar-refractivity contribution in [3.8, 4) is 0 Å². The molecule has 0 aliphatic carbocycles. The van der Waals surface area contributed by atoms with Crippen molar-refractivity contribution in [2.75, 3.05) is 0 Å². The van der Waals surface area contributed by atoms with Gasteiger partial charge in [0.1, 0.15) is 0 Å². The van der Waals surface area contributed by atoms with Gasteiger partial charge in [-0.3, -0.25) is 4.79 Å². The van der Waals surface area contributed by atoms with Gasteiger partial charge in [0.05, 0.1) is 0 Å². The summed E-state index contributed by atoms with van der Waals surface area (Å²) in [6.45, 7) is 7.01. The van der Waals surface area contributed by atoms with Gasteiger partial charge in [0.15, 0.2) is 5.76 Å². The maximum absolute atomic E-state index is 11.8. The Labute approximate surface area is 107 Å². The van der Waals surface area contributed by atoms with Crippen LogP contribution in [0.4, 0.5) is 0 Å². The molecule has 0 spiro atoms. The highest BCUT2D eigenvalue weighted by Gasteiger charge is 2.21. The first kappa shape index (κ1) is 14.7. The molecule has 0 aromatic carbocycles. The van der Waals surface area contributed by atoms with E-state index in [0.717, 1.165) is 0 Å². The van der Waals surface area contributed by atoms with E-state index in [-0.39, 0.29) is 22.9 Å². The quantitative estimate of drug-likeness (QED) is 0.841. The van der Waals surface area contributed by atoms with E-state index in [9.17, 15) is 13.2 Å². The van der Waals surface area contributed by atoms with Crippen LogP contribution in [-0.4, -0.2) is 26.4 Å². The zero-order valence-corrected chi connectivity index (χ0v) is 11.7. The first-order valence-corrected chi connectivity index (χ1v) is 7.13. The molecular formula is C11H18N2O4S. The Balaban J connectivity index is 2.90. The number of hydrogen-bond acceptors (Lipinski definition) is 4. The molecule has 1 amide bonds. The number of hydrogen-bond donors (Lipinski definition) is 2. The van der Waals surface area contributed by atoms with Crippen molar-refractivity contribution >= 4 is 15.9 Å². The summed E-state index contributed by atoms with van der Waals surface area (Å²) in [5.74, 6) is -0.455. The molecular weight excluding hydrogens is 256 g/mol. The molecule has 1 heterocycles. The summed E-state index contributed by atoms with van der Waals surface area (Å²) in [6.07, 6.45) is 0. The van der Waals surface area contributed by atoms with Gasteiger partial charge in [-0.25, -0.2) is 13.1 Å². The van der Waals surface area contributed by atoms with E-state index in [2.05, 4.69) is 10.0 Å². The Morgan fingerprint density at radius 2 is 1.78 bits per heavy atom. The highest BCUT2D eigenvalue weighted by molar-refractivity contribution is 7.89. The Morgan fingerprint density at radius 1 is 1.17 bits per heavy atom. The molecule has 0 radical (unpaired) electrons. The third-order valence-corrected chi connectivity index (χ3v) is 3.41. The van der Waals surface area contributed by atoms with Crippen molar-refractivity contribution in [3.63, 3.8) is 0 Å². The van der Waals surface area contributed by atoms with Gasteiger partial charge in [0.2, 0.25) is 5.09 Å². The molecule has 0 aliphatic heterocycles. The first-order valence-electron chi connectivity index (χ1n) is 5.65. The van der Waals surface area contributed by atoms with Crippen LogP contribution in [0.3, 0.4) is 0 Å². The highest BCUT2D eigenvalue weighted by Crippen LogP contribution is 2.14. The molecule has 18 heavy (non-hydrogen) atoms. The van der Waals surface area contributed by atoms with E-state index in [4.69, 9.17) is 4.42 Å². The van der Waals surface area contributed by atoms with Gasteiger partial charge in [-0.05, 0) is 39.8 Å². The molecule has 0 saturated carbocycles. The number of furan rings is 1. The summed E-state index contributed by atoms with van der Waals surface area (Å²) in [5, 5.41) is 2.36. The van der Waals surface area contributed by atoms with Crippen molar-refractivity contribution in [1.29, 1.82) is 0 Å². The molecule has 0 atom stereocenters. The van der Waals surface area contributed by atoms with E-state index in [1.165, 1.54) is 12.1 Å². The van der Waals surface area contributed by atoms with Crippen LogP contribution in [0, 0.1) is 0 Å². The average molecular weight is 274 g/mol. The second-order valence-electron chi connectivity index (χ2n) is 4.52. The van der Waals surface area contributed by atoms with Crippen LogP contribution in [-0.2, 0) is 10.0 Å². The molecule has 2 N–H and O–H groups in total. The third kappa shape index (κ3) is 3.85. The average Bonchev–Trinajstić information content (AvgIpc) is 2.62. The van der Waals surface area contributed by atoms with Crippen LogP contribution in [0.5, 0.6) is 0 Å². The van der Waals surface area contributed by atoms with E-state index >= 15 is 0 Å². The Morgan fingerprint density at radius 3 is 2.28 bits per heavy atom. The van der Waals surface area contributed by atoms with Gasteiger partial charge in [0, 0.05) is 12.1 Å². The molecule has 0 unspecified atom stereocenters. The minimum atomic E-state index is -3.70. The molecule has 0 fully saturated rings. The molecule has 7 heteroatoms. The minimum absolute atomic E-state index is 0.0205. The van der Waals surface area contributed by atoms with Crippen LogP contribution in [0.1, 0.15) is 38.2 Å². The topological polar surface area (TPSA) is 88.4 Å². The highest BCUT2D eigenvalue weighted by atomic mass is 32.2. The summed E-state index contributed by atoms with van der Waals surface area (Å²) in [6, 6.07) is 2.32. The molecule has 102 valence electrons. The minimum Gasteiger partial charge on any atom is -0.438 e. The van der Waals surface area contributed by atoms with Gasteiger partial charge in [0.25, 0.3) is 15.9 Å². The van der Waals surface area contributed by atoms with Crippen LogP contribution in [0.25, 0.3) is 0 Å². The normalized spacial score (nSPS) is 12.1. The summed E-state index contributed by atoms with van der Waals surface area (Å²) < 4.78 is 31.0. The van der Waals surface area contributed by atoms with Gasteiger partial charge in [-0.2, -0.15) is 0 Å². The number of amides is 1.